The van der Waals surface area contributed by atoms with E-state index < -0.39 is 11.5 Å². The Kier molecular flexibility index (Phi) is 8.42. The van der Waals surface area contributed by atoms with Crippen molar-refractivity contribution in [2.45, 2.75) is 45.2 Å². The summed E-state index contributed by atoms with van der Waals surface area (Å²) < 4.78 is 34.7. The van der Waals surface area contributed by atoms with Crippen LogP contribution in [0.1, 0.15) is 49.9 Å². The highest BCUT2D eigenvalue weighted by molar-refractivity contribution is 5.95. The van der Waals surface area contributed by atoms with E-state index in [1.54, 1.807) is 49.2 Å². The van der Waals surface area contributed by atoms with Crippen LogP contribution in [0.4, 0.5) is 8.78 Å². The fourth-order valence-corrected chi connectivity index (χ4v) is 5.09. The number of pyridine rings is 1. The maximum atomic E-state index is 14.9. The maximum absolute atomic E-state index is 14.9. The van der Waals surface area contributed by atoms with E-state index in [2.05, 4.69) is 9.88 Å². The molecule has 0 saturated carbocycles. The van der Waals surface area contributed by atoms with E-state index in [0.717, 1.165) is 25.9 Å². The van der Waals surface area contributed by atoms with Crippen LogP contribution in [-0.4, -0.2) is 71.6 Å². The Balaban J connectivity index is 1.29. The number of nitrogens with zero attached hydrogens (tertiary/aromatic N) is 3. The van der Waals surface area contributed by atoms with E-state index in [0.29, 0.717) is 62.0 Å². The van der Waals surface area contributed by atoms with Crippen molar-refractivity contribution in [3.05, 3.63) is 47.9 Å². The maximum Gasteiger partial charge on any atom is 0.253 e. The lowest BCUT2D eigenvalue weighted by Gasteiger charge is -2.34. The normalized spacial score (nSPS) is 18.1. The molecule has 4 rings (SSSR count). The molecule has 2 aliphatic heterocycles. The lowest BCUT2D eigenvalue weighted by molar-refractivity contribution is -0.123. The molecule has 2 fully saturated rings. The van der Waals surface area contributed by atoms with Gasteiger partial charge in [-0.25, -0.2) is 8.78 Å². The zero-order valence-electron chi connectivity index (χ0n) is 21.6. The molecule has 37 heavy (non-hydrogen) atoms. The number of carbonyl (C=O) groups is 2. The summed E-state index contributed by atoms with van der Waals surface area (Å²) in [6.07, 6.45) is 4.55. The van der Waals surface area contributed by atoms with Crippen LogP contribution >= 0.6 is 0 Å². The first-order chi connectivity index (χ1) is 17.6. The Morgan fingerprint density at radius 2 is 1.78 bits per heavy atom. The first-order valence-electron chi connectivity index (χ1n) is 13.0. The molecule has 0 radical (unpaired) electrons. The number of rotatable bonds is 8. The number of benzene rings is 1. The van der Waals surface area contributed by atoms with Crippen LogP contribution in [0.5, 0.6) is 5.75 Å². The Morgan fingerprint density at radius 3 is 2.35 bits per heavy atom. The second kappa shape index (κ2) is 11.5. The summed E-state index contributed by atoms with van der Waals surface area (Å²) in [6, 6.07) is 7.87. The largest absolute Gasteiger partial charge is 0.492 e. The number of hydrogen-bond acceptors (Lipinski definition) is 5. The molecule has 3 heterocycles. The number of nitrogens with two attached hydrogens (primary N) is 1. The highest BCUT2D eigenvalue weighted by Crippen LogP contribution is 2.26. The van der Waals surface area contributed by atoms with Gasteiger partial charge in [-0.15, -0.1) is 0 Å². The zero-order chi connectivity index (χ0) is 26.6. The van der Waals surface area contributed by atoms with E-state index in [-0.39, 0.29) is 23.3 Å². The zero-order valence-corrected chi connectivity index (χ0v) is 21.6. The predicted molar refractivity (Wildman–Crippen MR) is 137 cm³/mol. The Labute approximate surface area is 217 Å². The Morgan fingerprint density at radius 1 is 1.08 bits per heavy atom. The number of halogens is 2. The molecule has 0 atom stereocenters. The molecular formula is C28H36F2N4O3. The first-order valence-corrected chi connectivity index (χ1v) is 13.0. The molecule has 1 aromatic carbocycles. The number of hydrogen-bond donors (Lipinski definition) is 1. The number of aromatic nitrogens is 1. The van der Waals surface area contributed by atoms with E-state index in [1.165, 1.54) is 6.07 Å². The number of amides is 2. The van der Waals surface area contributed by atoms with Crippen LogP contribution in [0.15, 0.2) is 36.5 Å². The van der Waals surface area contributed by atoms with Crippen molar-refractivity contribution < 1.29 is 23.1 Å². The van der Waals surface area contributed by atoms with Crippen molar-refractivity contribution in [1.29, 1.82) is 0 Å². The van der Waals surface area contributed by atoms with Crippen molar-refractivity contribution in [1.82, 2.24) is 14.8 Å². The van der Waals surface area contributed by atoms with Gasteiger partial charge in [-0.2, -0.15) is 0 Å². The Hall–Kier alpha value is -3.07. The molecule has 2 aliphatic rings. The standard InChI is InChI=1S/C28H36F2N4O3/c1-28(2,30)18-33-11-7-19(8-12-33)17-37-22-4-6-25(32-16-22)23-5-3-21(15-24(23)29)27(36)34-13-9-20(10-14-34)26(31)35/h3-6,15-16,19-20H,7-14,17-18H2,1-2H3,(H2,31,35). The third-order valence-corrected chi connectivity index (χ3v) is 7.21. The lowest BCUT2D eigenvalue weighted by Crippen LogP contribution is -2.41. The van der Waals surface area contributed by atoms with Crippen LogP contribution in [-0.2, 0) is 4.79 Å². The van der Waals surface area contributed by atoms with Crippen molar-refractivity contribution in [2.75, 3.05) is 39.3 Å². The van der Waals surface area contributed by atoms with Crippen LogP contribution in [0.25, 0.3) is 11.3 Å². The predicted octanol–water partition coefficient (Wildman–Crippen LogP) is 4.06. The third kappa shape index (κ3) is 7.25. The minimum Gasteiger partial charge on any atom is -0.492 e. The molecular weight excluding hydrogens is 478 g/mol. The highest BCUT2D eigenvalue weighted by atomic mass is 19.1. The molecule has 200 valence electrons. The molecule has 2 saturated heterocycles. The highest BCUT2D eigenvalue weighted by Gasteiger charge is 2.27. The fraction of sp³-hybridized carbons (Fsp3) is 0.536. The first kappa shape index (κ1) is 27.0. The van der Waals surface area contributed by atoms with E-state index in [9.17, 15) is 18.4 Å². The third-order valence-electron chi connectivity index (χ3n) is 7.21. The van der Waals surface area contributed by atoms with Gasteiger partial charge in [-0.3, -0.25) is 14.6 Å². The summed E-state index contributed by atoms with van der Waals surface area (Å²) in [5.74, 6) is -0.322. The minimum absolute atomic E-state index is 0.214. The van der Waals surface area contributed by atoms with Gasteiger partial charge in [0, 0.05) is 36.7 Å². The van der Waals surface area contributed by atoms with Gasteiger partial charge in [0.25, 0.3) is 5.91 Å². The molecule has 7 nitrogen and oxygen atoms in total. The Bertz CT molecular complexity index is 1090. The number of primary amides is 1. The summed E-state index contributed by atoms with van der Waals surface area (Å²) in [6.45, 7) is 6.81. The lowest BCUT2D eigenvalue weighted by atomic mass is 9.95. The quantitative estimate of drug-likeness (QED) is 0.574. The van der Waals surface area contributed by atoms with Crippen LogP contribution < -0.4 is 10.5 Å². The van der Waals surface area contributed by atoms with Gasteiger partial charge in [0.15, 0.2) is 0 Å². The van der Waals surface area contributed by atoms with Crippen LogP contribution in [0.3, 0.4) is 0 Å². The van der Waals surface area contributed by atoms with Crippen molar-refractivity contribution in [3.63, 3.8) is 0 Å². The van der Waals surface area contributed by atoms with Gasteiger partial charge in [-0.1, -0.05) is 0 Å². The number of ether oxygens (including phenoxy) is 1. The molecule has 2 aromatic rings. The molecule has 9 heteroatoms. The van der Waals surface area contributed by atoms with Gasteiger partial charge in [-0.05, 0) is 88.9 Å². The van der Waals surface area contributed by atoms with Gasteiger partial charge in [0.2, 0.25) is 5.91 Å². The van der Waals surface area contributed by atoms with Crippen molar-refractivity contribution in [2.24, 2.45) is 17.6 Å². The summed E-state index contributed by atoms with van der Waals surface area (Å²) in [4.78, 5) is 32.3. The van der Waals surface area contributed by atoms with Gasteiger partial charge < -0.3 is 20.3 Å². The number of carbonyl (C=O) groups excluding carboxylic acids is 2. The van der Waals surface area contributed by atoms with Gasteiger partial charge >= 0.3 is 0 Å². The summed E-state index contributed by atoms with van der Waals surface area (Å²) >= 11 is 0. The number of piperidine rings is 2. The smallest absolute Gasteiger partial charge is 0.253 e. The topological polar surface area (TPSA) is 88.8 Å². The number of likely N-dealkylation sites (tertiary alicyclic amines) is 2. The van der Waals surface area contributed by atoms with E-state index in [4.69, 9.17) is 10.5 Å². The molecule has 0 spiro atoms. The van der Waals surface area contributed by atoms with Gasteiger partial charge in [0.1, 0.15) is 17.2 Å². The van der Waals surface area contributed by atoms with E-state index >= 15 is 0 Å². The SMILES string of the molecule is CC(C)(F)CN1CCC(COc2ccc(-c3ccc(C(=O)N4CCC(C(N)=O)CC4)cc3F)nc2)CC1. The second-order valence-electron chi connectivity index (χ2n) is 10.8. The van der Waals surface area contributed by atoms with Crippen molar-refractivity contribution >= 4 is 11.8 Å². The molecule has 0 aliphatic carbocycles. The molecule has 2 N–H and O–H groups in total. The van der Waals surface area contributed by atoms with Gasteiger partial charge in [0.05, 0.1) is 18.5 Å². The summed E-state index contributed by atoms with van der Waals surface area (Å²) in [7, 11) is 0. The molecule has 2 amide bonds. The summed E-state index contributed by atoms with van der Waals surface area (Å²) in [5, 5.41) is 0. The molecule has 0 unspecified atom stereocenters. The fourth-order valence-electron chi connectivity index (χ4n) is 5.09. The van der Waals surface area contributed by atoms with Crippen molar-refractivity contribution in [3.8, 4) is 17.0 Å². The minimum atomic E-state index is -1.18. The van der Waals surface area contributed by atoms with E-state index in [1.807, 2.05) is 0 Å². The molecule has 0 bridgehead atoms. The van der Waals surface area contributed by atoms with Crippen LogP contribution in [0.2, 0.25) is 0 Å². The number of alkyl halides is 1. The second-order valence-corrected chi connectivity index (χ2v) is 10.8. The monoisotopic (exact) mass is 514 g/mol. The average Bonchev–Trinajstić information content (AvgIpc) is 2.87. The van der Waals surface area contributed by atoms with Crippen LogP contribution in [0, 0.1) is 17.7 Å². The summed E-state index contributed by atoms with van der Waals surface area (Å²) in [5.41, 5.74) is 5.19. The molecule has 1 aromatic heterocycles. The average molecular weight is 515 g/mol.